The molecule has 148 valence electrons. The summed E-state index contributed by atoms with van der Waals surface area (Å²) in [6.07, 6.45) is 18.2. The van der Waals surface area contributed by atoms with Gasteiger partial charge in [-0.3, -0.25) is 4.18 Å². The Kier molecular flexibility index (Phi) is 23.8. The van der Waals surface area contributed by atoms with E-state index in [1.54, 1.807) is 7.05 Å². The first kappa shape index (κ1) is 28.1. The van der Waals surface area contributed by atoms with Gasteiger partial charge in [0, 0.05) is 6.54 Å². The van der Waals surface area contributed by atoms with Gasteiger partial charge in [0.15, 0.2) is 0 Å². The summed E-state index contributed by atoms with van der Waals surface area (Å²) in [5, 5.41) is 2.82. The summed E-state index contributed by atoms with van der Waals surface area (Å²) in [7, 11) is -1.58. The zero-order valence-electron chi connectivity index (χ0n) is 16.2. The van der Waals surface area contributed by atoms with Crippen LogP contribution >= 0.6 is 0 Å². The molecule has 0 bridgehead atoms. The normalized spacial score (nSPS) is 11.4. The van der Waals surface area contributed by atoms with Gasteiger partial charge in [0.2, 0.25) is 0 Å². The summed E-state index contributed by atoms with van der Waals surface area (Å²) >= 11 is 0. The third kappa shape index (κ3) is 22.8. The van der Waals surface area contributed by atoms with Gasteiger partial charge in [-0.15, -0.1) is 0 Å². The minimum atomic E-state index is -3.32. The molecule has 6 heteroatoms. The first-order chi connectivity index (χ1) is 11.6. The van der Waals surface area contributed by atoms with E-state index >= 15 is 0 Å². The van der Waals surface area contributed by atoms with Crippen molar-refractivity contribution in [1.82, 2.24) is 5.32 Å². The van der Waals surface area contributed by atoms with Gasteiger partial charge >= 0.3 is 29.6 Å². The van der Waals surface area contributed by atoms with Crippen molar-refractivity contribution in [3.8, 4) is 0 Å². The number of nitrogens with one attached hydrogen (secondary N) is 1. The van der Waals surface area contributed by atoms with E-state index in [9.17, 15) is 8.42 Å². The average Bonchev–Trinajstić information content (AvgIpc) is 2.56. The summed E-state index contributed by atoms with van der Waals surface area (Å²) in [6.45, 7) is 3.05. The molecule has 0 atom stereocenters. The monoisotopic (exact) mass is 387 g/mol. The molecule has 0 unspecified atom stereocenters. The molecule has 0 radical (unpaired) electrons. The van der Waals surface area contributed by atoms with E-state index < -0.39 is 10.1 Å². The Bertz CT molecular complexity index is 351. The van der Waals surface area contributed by atoms with E-state index in [4.69, 9.17) is 4.18 Å². The molecule has 0 rings (SSSR count). The molecule has 0 aromatic carbocycles. The van der Waals surface area contributed by atoms with Gasteiger partial charge in [0.25, 0.3) is 10.1 Å². The summed E-state index contributed by atoms with van der Waals surface area (Å²) in [4.78, 5) is 0. The van der Waals surface area contributed by atoms with Crippen molar-refractivity contribution < 1.29 is 12.6 Å². The van der Waals surface area contributed by atoms with Crippen molar-refractivity contribution in [2.75, 3.05) is 26.0 Å². The van der Waals surface area contributed by atoms with Crippen LogP contribution in [-0.2, 0) is 14.3 Å². The van der Waals surface area contributed by atoms with Crippen molar-refractivity contribution in [1.29, 1.82) is 0 Å². The Morgan fingerprint density at radius 1 is 0.720 bits per heavy atom. The zero-order valence-corrected chi connectivity index (χ0v) is 17.0. The second kappa shape index (κ2) is 21.2. The van der Waals surface area contributed by atoms with Crippen LogP contribution in [0.15, 0.2) is 0 Å². The van der Waals surface area contributed by atoms with Crippen molar-refractivity contribution in [3.63, 3.8) is 0 Å². The molecule has 0 heterocycles. The topological polar surface area (TPSA) is 55.4 Å². The molecular weight excluding hydrogens is 345 g/mol. The molecule has 1 N–H and O–H groups in total. The molecular formula is C19H42NNaO3S. The van der Waals surface area contributed by atoms with E-state index in [0.717, 1.165) is 12.8 Å². The van der Waals surface area contributed by atoms with Gasteiger partial charge in [-0.05, 0) is 13.5 Å². The van der Waals surface area contributed by atoms with Crippen LogP contribution in [0.25, 0.3) is 0 Å². The van der Waals surface area contributed by atoms with Crippen LogP contribution < -0.4 is 5.32 Å². The Balaban J connectivity index is 0. The Labute approximate surface area is 179 Å². The molecule has 0 aromatic heterocycles. The molecule has 0 aliphatic rings. The maximum absolute atomic E-state index is 11.5. The van der Waals surface area contributed by atoms with Crippen LogP contribution in [0, 0.1) is 0 Å². The van der Waals surface area contributed by atoms with Crippen molar-refractivity contribution in [2.24, 2.45) is 0 Å². The van der Waals surface area contributed by atoms with Crippen LogP contribution in [0.4, 0.5) is 0 Å². The third-order valence-corrected chi connectivity index (χ3v) is 5.59. The minimum absolute atomic E-state index is 0. The summed E-state index contributed by atoms with van der Waals surface area (Å²) in [5.74, 6) is 0.0576. The van der Waals surface area contributed by atoms with E-state index in [0.29, 0.717) is 13.2 Å². The molecule has 0 fully saturated rings. The first-order valence-electron chi connectivity index (χ1n) is 10.1. The van der Waals surface area contributed by atoms with Crippen molar-refractivity contribution in [2.45, 2.75) is 96.8 Å². The van der Waals surface area contributed by atoms with Gasteiger partial charge < -0.3 is 5.32 Å². The summed E-state index contributed by atoms with van der Waals surface area (Å²) in [6, 6.07) is 0. The summed E-state index contributed by atoms with van der Waals surface area (Å²) in [5.41, 5.74) is 0. The fourth-order valence-corrected chi connectivity index (χ4v) is 3.71. The molecule has 0 amide bonds. The molecule has 0 spiro atoms. The van der Waals surface area contributed by atoms with E-state index in [1.165, 1.54) is 77.0 Å². The Hall–Kier alpha value is 0.870. The van der Waals surface area contributed by atoms with Crippen LogP contribution in [0.3, 0.4) is 0 Å². The number of hydrogen-bond donors (Lipinski definition) is 1. The third-order valence-electron chi connectivity index (χ3n) is 4.36. The second-order valence-corrected chi connectivity index (χ2v) is 8.54. The molecule has 25 heavy (non-hydrogen) atoms. The van der Waals surface area contributed by atoms with Gasteiger partial charge in [0.1, 0.15) is 0 Å². The zero-order chi connectivity index (χ0) is 17.9. The number of unbranched alkanes of at least 4 members (excludes halogenated alkanes) is 13. The first-order valence-corrected chi connectivity index (χ1v) is 11.7. The van der Waals surface area contributed by atoms with Gasteiger partial charge in [-0.2, -0.15) is 8.42 Å². The molecule has 0 saturated heterocycles. The van der Waals surface area contributed by atoms with E-state index in [2.05, 4.69) is 12.2 Å². The number of rotatable bonds is 19. The Morgan fingerprint density at radius 2 is 1.12 bits per heavy atom. The number of hydrogen-bond acceptors (Lipinski definition) is 4. The predicted octanol–water partition coefficient (Wildman–Crippen LogP) is 4.39. The van der Waals surface area contributed by atoms with Gasteiger partial charge in [-0.1, -0.05) is 90.4 Å². The van der Waals surface area contributed by atoms with Crippen LogP contribution in [-0.4, -0.2) is 63.9 Å². The quantitative estimate of drug-likeness (QED) is 0.203. The van der Waals surface area contributed by atoms with Gasteiger partial charge in [-0.25, -0.2) is 0 Å². The van der Waals surface area contributed by atoms with Crippen LogP contribution in [0.5, 0.6) is 0 Å². The average molecular weight is 388 g/mol. The predicted molar refractivity (Wildman–Crippen MR) is 111 cm³/mol. The van der Waals surface area contributed by atoms with E-state index in [-0.39, 0.29) is 35.3 Å². The van der Waals surface area contributed by atoms with Gasteiger partial charge in [0.05, 0.1) is 12.4 Å². The molecule has 4 nitrogen and oxygen atoms in total. The van der Waals surface area contributed by atoms with Crippen LogP contribution in [0.2, 0.25) is 0 Å². The Morgan fingerprint density at radius 3 is 1.52 bits per heavy atom. The van der Waals surface area contributed by atoms with Crippen molar-refractivity contribution >= 4 is 39.7 Å². The SMILES string of the molecule is CCCCCCCCCCCCCCCCOS(=O)(=O)CCNC.[NaH]. The van der Waals surface area contributed by atoms with Crippen molar-refractivity contribution in [3.05, 3.63) is 0 Å². The fraction of sp³-hybridized carbons (Fsp3) is 1.00. The van der Waals surface area contributed by atoms with Crippen LogP contribution in [0.1, 0.15) is 96.8 Å². The maximum atomic E-state index is 11.5. The second-order valence-electron chi connectivity index (χ2n) is 6.78. The molecule has 0 aliphatic carbocycles. The fourth-order valence-electron chi connectivity index (χ4n) is 2.77. The molecule has 0 aromatic rings. The standard InChI is InChI=1S/C19H41NO3S.Na.H/c1-3-4-5-6-7-8-9-10-11-12-13-14-15-16-18-23-24(21,22)19-17-20-2;;/h20H,3-19H2,1-2H3;;. The summed E-state index contributed by atoms with van der Waals surface area (Å²) < 4.78 is 27.9. The molecule has 0 saturated carbocycles. The molecule has 0 aliphatic heterocycles. The van der Waals surface area contributed by atoms with E-state index in [1.807, 2.05) is 0 Å².